The van der Waals surface area contributed by atoms with E-state index in [9.17, 15) is 18.0 Å². The summed E-state index contributed by atoms with van der Waals surface area (Å²) in [6, 6.07) is 11.9. The van der Waals surface area contributed by atoms with Gasteiger partial charge in [0.1, 0.15) is 0 Å². The van der Waals surface area contributed by atoms with Gasteiger partial charge in [0.25, 0.3) is 0 Å². The predicted molar refractivity (Wildman–Crippen MR) is 110 cm³/mol. The molecule has 7 nitrogen and oxygen atoms in total. The second-order valence-electron chi connectivity index (χ2n) is 6.35. The second-order valence-corrected chi connectivity index (χ2v) is 9.42. The van der Waals surface area contributed by atoms with Crippen LogP contribution < -0.4 is 10.6 Å². The molecule has 0 atom stereocenters. The first-order chi connectivity index (χ1) is 13.3. The number of carbonyl (C=O) groups excluding carboxylic acids is 2. The Kier molecular flexibility index (Phi) is 6.07. The zero-order chi connectivity index (χ0) is 20.3. The molecule has 2 aromatic rings. The number of anilines is 2. The van der Waals surface area contributed by atoms with Gasteiger partial charge in [-0.25, -0.2) is 8.42 Å². The van der Waals surface area contributed by atoms with Crippen molar-refractivity contribution >= 4 is 45.0 Å². The summed E-state index contributed by atoms with van der Waals surface area (Å²) in [5, 5.41) is 5.41. The van der Waals surface area contributed by atoms with Gasteiger partial charge >= 0.3 is 0 Å². The minimum atomic E-state index is -3.84. The number of rotatable bonds is 6. The molecule has 1 aliphatic rings. The lowest BCUT2D eigenvalue weighted by Crippen LogP contribution is -2.35. The van der Waals surface area contributed by atoms with Gasteiger partial charge < -0.3 is 10.6 Å². The van der Waals surface area contributed by atoms with E-state index in [4.69, 9.17) is 0 Å². The van der Waals surface area contributed by atoms with Gasteiger partial charge in [0, 0.05) is 17.6 Å². The van der Waals surface area contributed by atoms with Crippen LogP contribution in [0.5, 0.6) is 0 Å². The fourth-order valence-corrected chi connectivity index (χ4v) is 4.78. The van der Waals surface area contributed by atoms with Crippen LogP contribution in [0.1, 0.15) is 12.5 Å². The van der Waals surface area contributed by atoms with Crippen LogP contribution >= 0.6 is 11.8 Å². The standard InChI is InChI=1S/C19H21N3O4S2/c1-3-13-4-6-14(7-5-13)20-18(23)11-22(2)28(25,26)15-8-9-16-17(10-15)27-12-19(24)21-16/h4-10H,3,11-12H2,1-2H3,(H,20,23)(H,21,24). The highest BCUT2D eigenvalue weighted by Gasteiger charge is 2.25. The van der Waals surface area contributed by atoms with Crippen LogP contribution in [0.3, 0.4) is 0 Å². The van der Waals surface area contributed by atoms with E-state index in [1.165, 1.54) is 30.9 Å². The molecule has 0 aromatic heterocycles. The van der Waals surface area contributed by atoms with Crippen molar-refractivity contribution in [2.45, 2.75) is 23.1 Å². The molecule has 28 heavy (non-hydrogen) atoms. The molecule has 0 aliphatic carbocycles. The van der Waals surface area contributed by atoms with Crippen molar-refractivity contribution < 1.29 is 18.0 Å². The van der Waals surface area contributed by atoms with E-state index in [2.05, 4.69) is 10.6 Å². The van der Waals surface area contributed by atoms with E-state index < -0.39 is 15.9 Å². The van der Waals surface area contributed by atoms with Gasteiger partial charge in [-0.1, -0.05) is 19.1 Å². The van der Waals surface area contributed by atoms with E-state index in [1.54, 1.807) is 18.2 Å². The Morgan fingerprint density at radius 3 is 2.61 bits per heavy atom. The summed E-state index contributed by atoms with van der Waals surface area (Å²) in [6.07, 6.45) is 0.901. The number of likely N-dealkylation sites (N-methyl/N-ethyl adjacent to an activating group) is 1. The Hall–Kier alpha value is -2.36. The molecule has 0 spiro atoms. The molecule has 2 aromatic carbocycles. The van der Waals surface area contributed by atoms with Crippen LogP contribution in [0.2, 0.25) is 0 Å². The molecule has 0 bridgehead atoms. The summed E-state index contributed by atoms with van der Waals surface area (Å²) in [5.74, 6) is -0.297. The summed E-state index contributed by atoms with van der Waals surface area (Å²) in [5.41, 5.74) is 2.37. The Morgan fingerprint density at radius 1 is 1.21 bits per heavy atom. The molecular formula is C19H21N3O4S2. The van der Waals surface area contributed by atoms with Crippen LogP contribution in [0.25, 0.3) is 0 Å². The normalized spacial score (nSPS) is 13.8. The molecule has 2 N–H and O–H groups in total. The summed E-state index contributed by atoms with van der Waals surface area (Å²) in [7, 11) is -2.47. The number of amides is 2. The van der Waals surface area contributed by atoms with E-state index in [0.717, 1.165) is 16.3 Å². The Bertz CT molecular complexity index is 1000. The van der Waals surface area contributed by atoms with Gasteiger partial charge in [0.05, 0.1) is 22.9 Å². The molecule has 1 aliphatic heterocycles. The fourth-order valence-electron chi connectivity index (χ4n) is 2.71. The number of nitrogens with zero attached hydrogens (tertiary/aromatic N) is 1. The number of sulfonamides is 1. The predicted octanol–water partition coefficient (Wildman–Crippen LogP) is 2.55. The lowest BCUT2D eigenvalue weighted by Gasteiger charge is -2.20. The van der Waals surface area contributed by atoms with E-state index >= 15 is 0 Å². The number of thioether (sulfide) groups is 1. The first-order valence-corrected chi connectivity index (χ1v) is 11.1. The first kappa shape index (κ1) is 20.4. The fraction of sp³-hybridized carbons (Fsp3) is 0.263. The monoisotopic (exact) mass is 419 g/mol. The zero-order valence-electron chi connectivity index (χ0n) is 15.6. The number of benzene rings is 2. The number of hydrogen-bond donors (Lipinski definition) is 2. The second kappa shape index (κ2) is 8.34. The van der Waals surface area contributed by atoms with Gasteiger partial charge in [-0.2, -0.15) is 4.31 Å². The van der Waals surface area contributed by atoms with Crippen LogP contribution in [-0.4, -0.2) is 43.9 Å². The third-order valence-electron chi connectivity index (χ3n) is 4.31. The minimum absolute atomic E-state index is 0.0810. The number of fused-ring (bicyclic) bond motifs is 1. The van der Waals surface area contributed by atoms with Gasteiger partial charge in [0.2, 0.25) is 21.8 Å². The lowest BCUT2D eigenvalue weighted by molar-refractivity contribution is -0.116. The minimum Gasteiger partial charge on any atom is -0.325 e. The first-order valence-electron chi connectivity index (χ1n) is 8.71. The third-order valence-corrected chi connectivity index (χ3v) is 7.16. The third kappa shape index (κ3) is 4.54. The summed E-state index contributed by atoms with van der Waals surface area (Å²) in [4.78, 5) is 24.4. The highest BCUT2D eigenvalue weighted by molar-refractivity contribution is 8.00. The van der Waals surface area contributed by atoms with Crippen LogP contribution in [0.15, 0.2) is 52.3 Å². The highest BCUT2D eigenvalue weighted by Crippen LogP contribution is 2.33. The molecule has 0 saturated carbocycles. The molecule has 148 valence electrons. The van der Waals surface area contributed by atoms with E-state index in [-0.39, 0.29) is 23.1 Å². The molecule has 0 fully saturated rings. The Balaban J connectivity index is 1.69. The Morgan fingerprint density at radius 2 is 1.93 bits per heavy atom. The highest BCUT2D eigenvalue weighted by atomic mass is 32.2. The molecular weight excluding hydrogens is 398 g/mol. The van der Waals surface area contributed by atoms with Crippen molar-refractivity contribution in [3.63, 3.8) is 0 Å². The van der Waals surface area contributed by atoms with Crippen molar-refractivity contribution in [2.75, 3.05) is 30.0 Å². The molecule has 0 unspecified atom stereocenters. The summed E-state index contributed by atoms with van der Waals surface area (Å²) in [6.45, 7) is 1.74. The topological polar surface area (TPSA) is 95.6 Å². The Labute approximate surface area is 168 Å². The lowest BCUT2D eigenvalue weighted by atomic mass is 10.1. The average molecular weight is 420 g/mol. The van der Waals surface area contributed by atoms with Crippen molar-refractivity contribution in [1.82, 2.24) is 4.31 Å². The molecule has 0 saturated heterocycles. The van der Waals surface area contributed by atoms with Gasteiger partial charge in [-0.05, 0) is 42.3 Å². The SMILES string of the molecule is CCc1ccc(NC(=O)CN(C)S(=O)(=O)c2ccc3c(c2)SCC(=O)N3)cc1. The number of aryl methyl sites for hydroxylation is 1. The van der Waals surface area contributed by atoms with E-state index in [1.807, 2.05) is 19.1 Å². The number of nitrogens with one attached hydrogen (secondary N) is 2. The average Bonchev–Trinajstić information content (AvgIpc) is 2.67. The summed E-state index contributed by atoms with van der Waals surface area (Å²) < 4.78 is 26.6. The van der Waals surface area contributed by atoms with Crippen molar-refractivity contribution in [3.8, 4) is 0 Å². The number of carbonyl (C=O) groups is 2. The quantitative estimate of drug-likeness (QED) is 0.750. The van der Waals surface area contributed by atoms with Crippen LogP contribution in [0, 0.1) is 0 Å². The van der Waals surface area contributed by atoms with Gasteiger partial charge in [-0.15, -0.1) is 11.8 Å². The molecule has 2 amide bonds. The molecule has 0 radical (unpaired) electrons. The maximum absolute atomic E-state index is 12.8. The smallest absolute Gasteiger partial charge is 0.243 e. The maximum Gasteiger partial charge on any atom is 0.243 e. The largest absolute Gasteiger partial charge is 0.325 e. The van der Waals surface area contributed by atoms with Crippen molar-refractivity contribution in [2.24, 2.45) is 0 Å². The van der Waals surface area contributed by atoms with Crippen molar-refractivity contribution in [1.29, 1.82) is 0 Å². The van der Waals surface area contributed by atoms with Gasteiger partial charge in [-0.3, -0.25) is 9.59 Å². The maximum atomic E-state index is 12.8. The van der Waals surface area contributed by atoms with Crippen molar-refractivity contribution in [3.05, 3.63) is 48.0 Å². The van der Waals surface area contributed by atoms with Gasteiger partial charge in [0.15, 0.2) is 0 Å². The molecule has 3 rings (SSSR count). The van der Waals surface area contributed by atoms with Crippen LogP contribution in [-0.2, 0) is 26.0 Å². The van der Waals surface area contributed by atoms with Crippen LogP contribution in [0.4, 0.5) is 11.4 Å². The molecule has 9 heteroatoms. The zero-order valence-corrected chi connectivity index (χ0v) is 17.2. The number of hydrogen-bond acceptors (Lipinski definition) is 5. The molecule has 1 heterocycles. The summed E-state index contributed by atoms with van der Waals surface area (Å²) >= 11 is 1.28. The van der Waals surface area contributed by atoms with E-state index in [0.29, 0.717) is 16.3 Å².